The molecule has 0 radical (unpaired) electrons. The SMILES string of the molecule is COCc1nccc(N2CCN(c3ccc4ncnc(N5CCCC5)c4c3)CC2)n1. The molecule has 156 valence electrons. The van der Waals surface area contributed by atoms with Gasteiger partial charge in [-0.25, -0.2) is 19.9 Å². The molecule has 1 aromatic carbocycles. The highest BCUT2D eigenvalue weighted by atomic mass is 16.5. The molecular formula is C22H27N7O. The van der Waals surface area contributed by atoms with E-state index in [-0.39, 0.29) is 0 Å². The molecular weight excluding hydrogens is 378 g/mol. The van der Waals surface area contributed by atoms with Crippen LogP contribution in [0.2, 0.25) is 0 Å². The number of hydrogen-bond donors (Lipinski definition) is 0. The molecule has 30 heavy (non-hydrogen) atoms. The first-order chi connectivity index (χ1) is 14.8. The predicted octanol–water partition coefficient (Wildman–Crippen LogP) is 2.49. The van der Waals surface area contributed by atoms with Gasteiger partial charge in [-0.05, 0) is 37.1 Å². The van der Waals surface area contributed by atoms with Crippen LogP contribution in [0.5, 0.6) is 0 Å². The van der Waals surface area contributed by atoms with Crippen LogP contribution in [0.3, 0.4) is 0 Å². The van der Waals surface area contributed by atoms with Gasteiger partial charge in [0.1, 0.15) is 24.6 Å². The summed E-state index contributed by atoms with van der Waals surface area (Å²) in [5.41, 5.74) is 2.25. The van der Waals surface area contributed by atoms with Crippen molar-refractivity contribution in [2.24, 2.45) is 0 Å². The van der Waals surface area contributed by atoms with Gasteiger partial charge in [0.2, 0.25) is 0 Å². The summed E-state index contributed by atoms with van der Waals surface area (Å²) in [5.74, 6) is 2.77. The van der Waals surface area contributed by atoms with Crippen LogP contribution >= 0.6 is 0 Å². The number of fused-ring (bicyclic) bond motifs is 1. The van der Waals surface area contributed by atoms with Gasteiger partial charge < -0.3 is 19.4 Å². The Balaban J connectivity index is 1.33. The number of piperazine rings is 1. The lowest BCUT2D eigenvalue weighted by molar-refractivity contribution is 0.178. The van der Waals surface area contributed by atoms with Crippen LogP contribution < -0.4 is 14.7 Å². The van der Waals surface area contributed by atoms with E-state index < -0.39 is 0 Å². The highest BCUT2D eigenvalue weighted by Gasteiger charge is 2.21. The molecule has 0 atom stereocenters. The summed E-state index contributed by atoms with van der Waals surface area (Å²) >= 11 is 0. The standard InChI is InChI=1S/C22H27N7O/c1-30-15-20-23-7-6-21(26-20)28-12-10-27(11-13-28)17-4-5-19-18(14-17)22(25-16-24-19)29-8-2-3-9-29/h4-7,14,16H,2-3,8-13,15H2,1H3. The molecule has 0 amide bonds. The van der Waals surface area contributed by atoms with E-state index in [0.717, 1.165) is 67.6 Å². The van der Waals surface area contributed by atoms with Gasteiger partial charge in [-0.15, -0.1) is 0 Å². The van der Waals surface area contributed by atoms with Crippen LogP contribution in [0.25, 0.3) is 10.9 Å². The van der Waals surface area contributed by atoms with Crippen LogP contribution in [-0.4, -0.2) is 66.3 Å². The quantitative estimate of drug-likeness (QED) is 0.641. The van der Waals surface area contributed by atoms with Gasteiger partial charge in [0.15, 0.2) is 5.82 Å². The molecule has 2 aliphatic heterocycles. The Labute approximate surface area is 176 Å². The highest BCUT2D eigenvalue weighted by molar-refractivity contribution is 5.92. The van der Waals surface area contributed by atoms with Crippen molar-refractivity contribution in [2.75, 3.05) is 61.1 Å². The van der Waals surface area contributed by atoms with Gasteiger partial charge in [0.05, 0.1) is 5.52 Å². The van der Waals surface area contributed by atoms with Crippen molar-refractivity contribution in [3.05, 3.63) is 42.6 Å². The van der Waals surface area contributed by atoms with Gasteiger partial charge >= 0.3 is 0 Å². The topological polar surface area (TPSA) is 70.5 Å². The summed E-state index contributed by atoms with van der Waals surface area (Å²) in [5, 5.41) is 1.15. The zero-order valence-corrected chi connectivity index (χ0v) is 17.4. The molecule has 8 heteroatoms. The molecule has 0 spiro atoms. The molecule has 0 bridgehead atoms. The molecule has 5 rings (SSSR count). The van der Waals surface area contributed by atoms with Gasteiger partial charge in [-0.1, -0.05) is 0 Å². The lowest BCUT2D eigenvalue weighted by Gasteiger charge is -2.37. The second-order valence-electron chi connectivity index (χ2n) is 7.83. The van der Waals surface area contributed by atoms with Gasteiger partial charge in [0, 0.05) is 63.6 Å². The maximum atomic E-state index is 5.16. The van der Waals surface area contributed by atoms with Crippen LogP contribution in [0.1, 0.15) is 18.7 Å². The summed E-state index contributed by atoms with van der Waals surface area (Å²) in [6.07, 6.45) is 5.98. The first-order valence-electron chi connectivity index (χ1n) is 10.6. The number of benzene rings is 1. The number of nitrogens with zero attached hydrogens (tertiary/aromatic N) is 7. The molecule has 2 aliphatic rings. The Hall–Kier alpha value is -3.00. The molecule has 8 nitrogen and oxygen atoms in total. The van der Waals surface area contributed by atoms with Crippen molar-refractivity contribution in [2.45, 2.75) is 19.4 Å². The first kappa shape index (κ1) is 19.0. The number of ether oxygens (including phenoxy) is 1. The summed E-state index contributed by atoms with van der Waals surface area (Å²) in [4.78, 5) is 25.1. The van der Waals surface area contributed by atoms with E-state index in [1.54, 1.807) is 13.4 Å². The monoisotopic (exact) mass is 405 g/mol. The largest absolute Gasteiger partial charge is 0.377 e. The summed E-state index contributed by atoms with van der Waals surface area (Å²) < 4.78 is 5.16. The van der Waals surface area contributed by atoms with Crippen molar-refractivity contribution in [1.29, 1.82) is 0 Å². The van der Waals surface area contributed by atoms with E-state index in [4.69, 9.17) is 4.74 Å². The molecule has 4 heterocycles. The van der Waals surface area contributed by atoms with Gasteiger partial charge in [-0.2, -0.15) is 0 Å². The molecule has 0 saturated carbocycles. The second kappa shape index (κ2) is 8.39. The van der Waals surface area contributed by atoms with Crippen molar-refractivity contribution in [3.8, 4) is 0 Å². The molecule has 0 aliphatic carbocycles. The van der Waals surface area contributed by atoms with Crippen molar-refractivity contribution >= 4 is 28.2 Å². The third-order valence-electron chi connectivity index (χ3n) is 5.94. The number of hydrogen-bond acceptors (Lipinski definition) is 8. The van der Waals surface area contributed by atoms with E-state index in [9.17, 15) is 0 Å². The molecule has 2 saturated heterocycles. The van der Waals surface area contributed by atoms with Gasteiger partial charge in [0.25, 0.3) is 0 Å². The van der Waals surface area contributed by atoms with E-state index in [1.807, 2.05) is 12.3 Å². The lowest BCUT2D eigenvalue weighted by Crippen LogP contribution is -2.46. The molecule has 2 aromatic heterocycles. The van der Waals surface area contributed by atoms with E-state index in [2.05, 4.69) is 52.8 Å². The Morgan fingerprint density at radius 1 is 0.867 bits per heavy atom. The number of anilines is 3. The van der Waals surface area contributed by atoms with Crippen LogP contribution in [0.4, 0.5) is 17.3 Å². The summed E-state index contributed by atoms with van der Waals surface area (Å²) in [6, 6.07) is 8.55. The Morgan fingerprint density at radius 2 is 1.67 bits per heavy atom. The van der Waals surface area contributed by atoms with E-state index in [1.165, 1.54) is 18.5 Å². The van der Waals surface area contributed by atoms with Crippen molar-refractivity contribution in [1.82, 2.24) is 19.9 Å². The fraction of sp³-hybridized carbons (Fsp3) is 0.455. The van der Waals surface area contributed by atoms with Crippen LogP contribution in [0, 0.1) is 0 Å². The fourth-order valence-electron chi connectivity index (χ4n) is 4.37. The summed E-state index contributed by atoms with van der Waals surface area (Å²) in [6.45, 7) is 6.34. The summed E-state index contributed by atoms with van der Waals surface area (Å²) in [7, 11) is 1.67. The zero-order valence-electron chi connectivity index (χ0n) is 17.4. The maximum absolute atomic E-state index is 5.16. The first-order valence-corrected chi connectivity index (χ1v) is 10.6. The number of rotatable bonds is 5. The Kier molecular flexibility index (Phi) is 5.31. The highest BCUT2D eigenvalue weighted by Crippen LogP contribution is 2.30. The molecule has 0 unspecified atom stereocenters. The minimum atomic E-state index is 0.437. The minimum absolute atomic E-state index is 0.437. The van der Waals surface area contributed by atoms with Gasteiger partial charge in [-0.3, -0.25) is 0 Å². The number of methoxy groups -OCH3 is 1. The molecule has 3 aromatic rings. The normalized spacial score (nSPS) is 17.2. The lowest BCUT2D eigenvalue weighted by atomic mass is 10.1. The maximum Gasteiger partial charge on any atom is 0.156 e. The van der Waals surface area contributed by atoms with Crippen LogP contribution in [0.15, 0.2) is 36.8 Å². The third kappa shape index (κ3) is 3.75. The van der Waals surface area contributed by atoms with E-state index in [0.29, 0.717) is 6.61 Å². The Bertz CT molecular complexity index is 1010. The minimum Gasteiger partial charge on any atom is -0.377 e. The molecule has 2 fully saturated rings. The average Bonchev–Trinajstić information content (AvgIpc) is 3.34. The second-order valence-corrected chi connectivity index (χ2v) is 7.83. The predicted molar refractivity (Wildman–Crippen MR) is 118 cm³/mol. The smallest absolute Gasteiger partial charge is 0.156 e. The molecule has 0 N–H and O–H groups in total. The van der Waals surface area contributed by atoms with Crippen molar-refractivity contribution in [3.63, 3.8) is 0 Å². The average molecular weight is 406 g/mol. The van der Waals surface area contributed by atoms with Crippen LogP contribution in [-0.2, 0) is 11.3 Å². The zero-order chi connectivity index (χ0) is 20.3. The fourth-order valence-corrected chi connectivity index (χ4v) is 4.37. The third-order valence-corrected chi connectivity index (χ3v) is 5.94. The number of aromatic nitrogens is 4. The van der Waals surface area contributed by atoms with Crippen molar-refractivity contribution < 1.29 is 4.74 Å². The van der Waals surface area contributed by atoms with E-state index >= 15 is 0 Å². The Morgan fingerprint density at radius 3 is 2.47 bits per heavy atom.